The lowest BCUT2D eigenvalue weighted by molar-refractivity contribution is 0.383. The van der Waals surface area contributed by atoms with Crippen molar-refractivity contribution in [3.05, 3.63) is 75.4 Å². The van der Waals surface area contributed by atoms with E-state index in [1.807, 2.05) is 53.2 Å². The molecule has 0 saturated heterocycles. The first kappa shape index (κ1) is 19.0. The summed E-state index contributed by atoms with van der Waals surface area (Å²) in [6.45, 7) is 4.21. The number of hydrogen-bond donors (Lipinski definition) is 1. The highest BCUT2D eigenvalue weighted by Gasteiger charge is 2.17. The molecule has 136 valence electrons. The van der Waals surface area contributed by atoms with Crippen molar-refractivity contribution < 1.29 is 4.74 Å². The number of methoxy groups -OCH3 is 1. The summed E-state index contributed by atoms with van der Waals surface area (Å²) >= 11 is 9.56. The van der Waals surface area contributed by atoms with E-state index in [1.165, 1.54) is 0 Å². The van der Waals surface area contributed by atoms with Gasteiger partial charge in [0, 0.05) is 27.6 Å². The van der Waals surface area contributed by atoms with Gasteiger partial charge in [0.25, 0.3) is 0 Å². The van der Waals surface area contributed by atoms with E-state index >= 15 is 0 Å². The minimum Gasteiger partial charge on any atom is -0.481 e. The van der Waals surface area contributed by atoms with Crippen LogP contribution < -0.4 is 10.1 Å². The molecular formula is C20H21BrClN3O. The Balaban J connectivity index is 1.81. The van der Waals surface area contributed by atoms with E-state index in [2.05, 4.69) is 41.2 Å². The molecule has 0 aliphatic carbocycles. The van der Waals surface area contributed by atoms with Crippen molar-refractivity contribution in [1.29, 1.82) is 0 Å². The molecule has 1 unspecified atom stereocenters. The maximum Gasteiger partial charge on any atom is 0.216 e. The molecule has 0 aliphatic rings. The Bertz CT molecular complexity index is 879. The van der Waals surface area contributed by atoms with Gasteiger partial charge in [0.05, 0.1) is 18.5 Å². The zero-order valence-electron chi connectivity index (χ0n) is 14.9. The Hall–Kier alpha value is -1.82. The minimum absolute atomic E-state index is 0.0505. The van der Waals surface area contributed by atoms with Gasteiger partial charge in [-0.25, -0.2) is 4.68 Å². The molecule has 0 amide bonds. The van der Waals surface area contributed by atoms with Gasteiger partial charge in [-0.05, 0) is 55.8 Å². The molecule has 1 N–H and O–H groups in total. The Morgan fingerprint density at radius 2 is 1.81 bits per heavy atom. The van der Waals surface area contributed by atoms with Crippen LogP contribution in [0.25, 0.3) is 5.69 Å². The van der Waals surface area contributed by atoms with E-state index in [9.17, 15) is 0 Å². The van der Waals surface area contributed by atoms with Crippen molar-refractivity contribution in [1.82, 2.24) is 15.1 Å². The largest absolute Gasteiger partial charge is 0.481 e. The van der Waals surface area contributed by atoms with E-state index in [0.29, 0.717) is 5.88 Å². The molecule has 4 nitrogen and oxygen atoms in total. The normalized spacial score (nSPS) is 13.4. The van der Waals surface area contributed by atoms with Gasteiger partial charge < -0.3 is 10.1 Å². The van der Waals surface area contributed by atoms with Crippen LogP contribution in [0.2, 0.25) is 5.02 Å². The fourth-order valence-corrected chi connectivity index (χ4v) is 3.30. The highest BCUT2D eigenvalue weighted by Crippen LogP contribution is 2.26. The highest BCUT2D eigenvalue weighted by molar-refractivity contribution is 9.10. The molecule has 26 heavy (non-hydrogen) atoms. The number of hydrogen-bond acceptors (Lipinski definition) is 3. The number of nitrogens with zero attached hydrogens (tertiary/aromatic N) is 2. The van der Waals surface area contributed by atoms with Crippen molar-refractivity contribution >= 4 is 27.5 Å². The van der Waals surface area contributed by atoms with Crippen LogP contribution in [0.15, 0.2) is 59.1 Å². The lowest BCUT2D eigenvalue weighted by Gasteiger charge is -2.19. The lowest BCUT2D eigenvalue weighted by atomic mass is 10.1. The Morgan fingerprint density at radius 3 is 2.46 bits per heavy atom. The molecule has 1 heterocycles. The van der Waals surface area contributed by atoms with Gasteiger partial charge in [0.2, 0.25) is 5.88 Å². The summed E-state index contributed by atoms with van der Waals surface area (Å²) in [5.74, 6) is 0.700. The number of rotatable bonds is 6. The first-order valence-electron chi connectivity index (χ1n) is 8.39. The Labute approximate surface area is 167 Å². The highest BCUT2D eigenvalue weighted by atomic mass is 79.9. The topological polar surface area (TPSA) is 39.1 Å². The molecule has 2 aromatic carbocycles. The fraction of sp³-hybridized carbons (Fsp3) is 0.250. The zero-order chi connectivity index (χ0) is 18.7. The molecule has 0 radical (unpaired) electrons. The predicted molar refractivity (Wildman–Crippen MR) is 109 cm³/mol. The maximum atomic E-state index is 6.10. The van der Waals surface area contributed by atoms with Crippen molar-refractivity contribution in [3.63, 3.8) is 0 Å². The van der Waals surface area contributed by atoms with E-state index in [-0.39, 0.29) is 12.1 Å². The molecule has 6 heteroatoms. The first-order valence-corrected chi connectivity index (χ1v) is 9.56. The lowest BCUT2D eigenvalue weighted by Crippen LogP contribution is -2.23. The van der Waals surface area contributed by atoms with Gasteiger partial charge >= 0.3 is 0 Å². The Kier molecular flexibility index (Phi) is 6.01. The summed E-state index contributed by atoms with van der Waals surface area (Å²) in [6, 6.07) is 18.0. The van der Waals surface area contributed by atoms with Crippen molar-refractivity contribution in [3.8, 4) is 11.6 Å². The SMILES string of the molecule is COc1cc([C@@H](C)NC(C)c2cccc(Cl)c2)nn1-c1ccc(Br)cc1. The molecule has 0 fully saturated rings. The van der Waals surface area contributed by atoms with Crippen LogP contribution in [0, 0.1) is 0 Å². The smallest absolute Gasteiger partial charge is 0.216 e. The summed E-state index contributed by atoms with van der Waals surface area (Å²) in [5.41, 5.74) is 3.01. The van der Waals surface area contributed by atoms with E-state index < -0.39 is 0 Å². The van der Waals surface area contributed by atoms with Crippen LogP contribution in [0.3, 0.4) is 0 Å². The average Bonchev–Trinajstić information content (AvgIpc) is 3.07. The van der Waals surface area contributed by atoms with Crippen molar-refractivity contribution in [2.45, 2.75) is 25.9 Å². The second kappa shape index (κ2) is 8.25. The molecular weight excluding hydrogens is 414 g/mol. The minimum atomic E-state index is 0.0505. The predicted octanol–water partition coefficient (Wildman–Crippen LogP) is 5.71. The molecule has 0 saturated carbocycles. The number of halogens is 2. The quantitative estimate of drug-likeness (QED) is 0.540. The van der Waals surface area contributed by atoms with Crippen LogP contribution >= 0.6 is 27.5 Å². The Morgan fingerprint density at radius 1 is 1.08 bits per heavy atom. The van der Waals surface area contributed by atoms with Gasteiger partial charge in [0.1, 0.15) is 0 Å². The third-order valence-electron chi connectivity index (χ3n) is 4.27. The number of ether oxygens (including phenoxy) is 1. The monoisotopic (exact) mass is 433 g/mol. The molecule has 0 bridgehead atoms. The number of aromatic nitrogens is 2. The maximum absolute atomic E-state index is 6.10. The first-order chi connectivity index (χ1) is 12.5. The van der Waals surface area contributed by atoms with Gasteiger partial charge in [-0.15, -0.1) is 0 Å². The van der Waals surface area contributed by atoms with Crippen LogP contribution in [-0.4, -0.2) is 16.9 Å². The standard InChI is InChI=1S/C20H21BrClN3O/c1-13(15-5-4-6-17(22)11-15)23-14(2)19-12-20(26-3)25(24-19)18-9-7-16(21)8-10-18/h4-14,23H,1-3H3/t13?,14-/m1/s1. The summed E-state index contributed by atoms with van der Waals surface area (Å²) in [5, 5.41) is 9.04. The van der Waals surface area contributed by atoms with Crippen LogP contribution in [0.4, 0.5) is 0 Å². The molecule has 3 rings (SSSR count). The zero-order valence-corrected chi connectivity index (χ0v) is 17.3. The van der Waals surface area contributed by atoms with Crippen LogP contribution in [0.5, 0.6) is 5.88 Å². The summed E-state index contributed by atoms with van der Waals surface area (Å²) in [4.78, 5) is 0. The summed E-state index contributed by atoms with van der Waals surface area (Å²) in [6.07, 6.45) is 0. The van der Waals surface area contributed by atoms with E-state index in [1.54, 1.807) is 7.11 Å². The third-order valence-corrected chi connectivity index (χ3v) is 5.03. The second-order valence-corrected chi connectivity index (χ2v) is 7.52. The summed E-state index contributed by atoms with van der Waals surface area (Å²) in [7, 11) is 1.66. The summed E-state index contributed by atoms with van der Waals surface area (Å²) < 4.78 is 8.35. The second-order valence-electron chi connectivity index (χ2n) is 6.16. The molecule has 2 atom stereocenters. The van der Waals surface area contributed by atoms with Gasteiger partial charge in [0.15, 0.2) is 0 Å². The van der Waals surface area contributed by atoms with E-state index in [4.69, 9.17) is 21.4 Å². The van der Waals surface area contributed by atoms with Crippen LogP contribution in [0.1, 0.15) is 37.2 Å². The molecule has 0 spiro atoms. The van der Waals surface area contributed by atoms with E-state index in [0.717, 1.165) is 26.4 Å². The number of nitrogens with one attached hydrogen (secondary N) is 1. The molecule has 3 aromatic rings. The van der Waals surface area contributed by atoms with Gasteiger partial charge in [-0.1, -0.05) is 39.7 Å². The molecule has 0 aliphatic heterocycles. The van der Waals surface area contributed by atoms with Gasteiger partial charge in [-0.3, -0.25) is 0 Å². The van der Waals surface area contributed by atoms with Crippen LogP contribution in [-0.2, 0) is 0 Å². The van der Waals surface area contributed by atoms with Crippen molar-refractivity contribution in [2.24, 2.45) is 0 Å². The molecule has 1 aromatic heterocycles. The average molecular weight is 435 g/mol. The fourth-order valence-electron chi connectivity index (χ4n) is 2.84. The number of benzene rings is 2. The van der Waals surface area contributed by atoms with Crippen molar-refractivity contribution in [2.75, 3.05) is 7.11 Å². The van der Waals surface area contributed by atoms with Gasteiger partial charge in [-0.2, -0.15) is 5.10 Å². The third kappa shape index (κ3) is 4.29.